The second-order valence-corrected chi connectivity index (χ2v) is 5.48. The standard InChI is InChI=1S/C14H19BrN2O/c1-2-9-17(11-7-8-16-10-11)14(18)12-5-3-4-6-13(12)15/h3-6,11,16H,2,7-10H2,1H3. The van der Waals surface area contributed by atoms with Gasteiger partial charge < -0.3 is 10.2 Å². The van der Waals surface area contributed by atoms with E-state index in [4.69, 9.17) is 0 Å². The number of halogens is 1. The predicted octanol–water partition coefficient (Wildman–Crippen LogP) is 2.66. The van der Waals surface area contributed by atoms with Crippen molar-refractivity contribution in [3.63, 3.8) is 0 Å². The van der Waals surface area contributed by atoms with E-state index in [1.165, 1.54) is 0 Å². The fourth-order valence-corrected chi connectivity index (χ4v) is 2.84. The number of nitrogens with zero attached hydrogens (tertiary/aromatic N) is 1. The van der Waals surface area contributed by atoms with E-state index in [0.717, 1.165) is 42.5 Å². The molecule has 1 fully saturated rings. The number of rotatable bonds is 4. The van der Waals surface area contributed by atoms with Crippen molar-refractivity contribution in [2.24, 2.45) is 0 Å². The molecule has 0 saturated carbocycles. The highest BCUT2D eigenvalue weighted by atomic mass is 79.9. The van der Waals surface area contributed by atoms with Gasteiger partial charge >= 0.3 is 0 Å². The zero-order valence-electron chi connectivity index (χ0n) is 10.7. The topological polar surface area (TPSA) is 32.3 Å². The summed E-state index contributed by atoms with van der Waals surface area (Å²) in [5.74, 6) is 0.137. The zero-order valence-corrected chi connectivity index (χ0v) is 12.2. The molecule has 1 atom stereocenters. The van der Waals surface area contributed by atoms with Gasteiger partial charge in [0.2, 0.25) is 0 Å². The third-order valence-corrected chi connectivity index (χ3v) is 4.00. The monoisotopic (exact) mass is 310 g/mol. The molecule has 1 aromatic rings. The summed E-state index contributed by atoms with van der Waals surface area (Å²) in [6, 6.07) is 7.99. The minimum Gasteiger partial charge on any atom is -0.334 e. The number of carbonyl (C=O) groups excluding carboxylic acids is 1. The molecule has 4 heteroatoms. The van der Waals surface area contributed by atoms with Crippen molar-refractivity contribution < 1.29 is 4.79 Å². The van der Waals surface area contributed by atoms with Gasteiger partial charge in [0.15, 0.2) is 0 Å². The van der Waals surface area contributed by atoms with Gasteiger partial charge in [0.05, 0.1) is 5.56 Å². The van der Waals surface area contributed by atoms with Crippen LogP contribution in [0.25, 0.3) is 0 Å². The molecule has 2 rings (SSSR count). The summed E-state index contributed by atoms with van der Waals surface area (Å²) in [7, 11) is 0. The lowest BCUT2D eigenvalue weighted by molar-refractivity contribution is 0.0691. The molecule has 0 spiro atoms. The van der Waals surface area contributed by atoms with Crippen LogP contribution in [0.1, 0.15) is 30.1 Å². The summed E-state index contributed by atoms with van der Waals surface area (Å²) < 4.78 is 0.877. The smallest absolute Gasteiger partial charge is 0.255 e. The normalized spacial score (nSPS) is 18.9. The first kappa shape index (κ1) is 13.6. The minimum atomic E-state index is 0.137. The van der Waals surface area contributed by atoms with Crippen LogP contribution in [0.15, 0.2) is 28.7 Å². The Balaban J connectivity index is 2.20. The van der Waals surface area contributed by atoms with E-state index < -0.39 is 0 Å². The van der Waals surface area contributed by atoms with E-state index >= 15 is 0 Å². The molecule has 0 bridgehead atoms. The summed E-state index contributed by atoms with van der Waals surface area (Å²) in [4.78, 5) is 14.6. The van der Waals surface area contributed by atoms with Gasteiger partial charge in [-0.1, -0.05) is 19.1 Å². The molecule has 1 aliphatic heterocycles. The van der Waals surface area contributed by atoms with Gasteiger partial charge in [-0.2, -0.15) is 0 Å². The van der Waals surface area contributed by atoms with Crippen molar-refractivity contribution in [1.82, 2.24) is 10.2 Å². The highest BCUT2D eigenvalue weighted by molar-refractivity contribution is 9.10. The van der Waals surface area contributed by atoms with E-state index in [1.54, 1.807) is 0 Å². The van der Waals surface area contributed by atoms with E-state index in [-0.39, 0.29) is 5.91 Å². The number of amides is 1. The van der Waals surface area contributed by atoms with Crippen LogP contribution < -0.4 is 5.32 Å². The maximum atomic E-state index is 12.6. The average molecular weight is 311 g/mol. The molecular weight excluding hydrogens is 292 g/mol. The lowest BCUT2D eigenvalue weighted by Crippen LogP contribution is -2.42. The van der Waals surface area contributed by atoms with Crippen molar-refractivity contribution in [2.75, 3.05) is 19.6 Å². The molecule has 1 aromatic carbocycles. The Morgan fingerprint density at radius 2 is 2.28 bits per heavy atom. The van der Waals surface area contributed by atoms with Crippen LogP contribution >= 0.6 is 15.9 Å². The van der Waals surface area contributed by atoms with Crippen molar-refractivity contribution in [3.8, 4) is 0 Å². The van der Waals surface area contributed by atoms with Crippen molar-refractivity contribution in [1.29, 1.82) is 0 Å². The van der Waals surface area contributed by atoms with Gasteiger partial charge in [-0.05, 0) is 47.4 Å². The fraction of sp³-hybridized carbons (Fsp3) is 0.500. The summed E-state index contributed by atoms with van der Waals surface area (Å²) in [5, 5.41) is 3.33. The quantitative estimate of drug-likeness (QED) is 0.927. The van der Waals surface area contributed by atoms with Crippen molar-refractivity contribution in [2.45, 2.75) is 25.8 Å². The zero-order chi connectivity index (χ0) is 13.0. The molecule has 98 valence electrons. The van der Waals surface area contributed by atoms with Crippen LogP contribution in [0.4, 0.5) is 0 Å². The first-order valence-electron chi connectivity index (χ1n) is 6.50. The average Bonchev–Trinajstić information content (AvgIpc) is 2.89. The molecule has 18 heavy (non-hydrogen) atoms. The number of hydrogen-bond acceptors (Lipinski definition) is 2. The summed E-state index contributed by atoms with van der Waals surface area (Å²) in [6.45, 7) is 4.86. The number of hydrogen-bond donors (Lipinski definition) is 1. The predicted molar refractivity (Wildman–Crippen MR) is 76.7 cm³/mol. The van der Waals surface area contributed by atoms with Gasteiger partial charge in [-0.15, -0.1) is 0 Å². The summed E-state index contributed by atoms with van der Waals surface area (Å²) >= 11 is 3.46. The molecule has 0 aromatic heterocycles. The number of nitrogens with one attached hydrogen (secondary N) is 1. The van der Waals surface area contributed by atoms with Crippen LogP contribution in [-0.2, 0) is 0 Å². The maximum Gasteiger partial charge on any atom is 0.255 e. The third kappa shape index (κ3) is 2.93. The molecule has 1 amide bonds. The molecule has 1 aliphatic rings. The molecule has 1 unspecified atom stereocenters. The molecule has 1 heterocycles. The third-order valence-electron chi connectivity index (χ3n) is 3.30. The number of carbonyl (C=O) groups is 1. The highest BCUT2D eigenvalue weighted by Gasteiger charge is 2.27. The molecule has 3 nitrogen and oxygen atoms in total. The summed E-state index contributed by atoms with van der Waals surface area (Å²) in [6.07, 6.45) is 2.04. The van der Waals surface area contributed by atoms with Crippen LogP contribution in [0.3, 0.4) is 0 Å². The van der Waals surface area contributed by atoms with E-state index in [1.807, 2.05) is 29.2 Å². The van der Waals surface area contributed by atoms with Gasteiger partial charge in [-0.3, -0.25) is 4.79 Å². The first-order valence-corrected chi connectivity index (χ1v) is 7.29. The van der Waals surface area contributed by atoms with Gasteiger partial charge in [0, 0.05) is 23.6 Å². The Hall–Kier alpha value is -0.870. The van der Waals surface area contributed by atoms with Gasteiger partial charge in [0.25, 0.3) is 5.91 Å². The lowest BCUT2D eigenvalue weighted by atomic mass is 10.1. The largest absolute Gasteiger partial charge is 0.334 e. The SMILES string of the molecule is CCCN(C(=O)c1ccccc1Br)C1CCNC1. The van der Waals surface area contributed by atoms with E-state index in [9.17, 15) is 4.79 Å². The molecule has 1 N–H and O–H groups in total. The van der Waals surface area contributed by atoms with Crippen LogP contribution in [0.2, 0.25) is 0 Å². The van der Waals surface area contributed by atoms with Crippen LogP contribution in [0, 0.1) is 0 Å². The lowest BCUT2D eigenvalue weighted by Gasteiger charge is -2.28. The molecule has 0 aliphatic carbocycles. The van der Waals surface area contributed by atoms with Gasteiger partial charge in [0.1, 0.15) is 0 Å². The molecule has 0 radical (unpaired) electrons. The second kappa shape index (κ2) is 6.34. The Kier molecular flexibility index (Phi) is 4.78. The maximum absolute atomic E-state index is 12.6. The van der Waals surface area contributed by atoms with Gasteiger partial charge in [-0.25, -0.2) is 0 Å². The number of benzene rings is 1. The Bertz CT molecular complexity index is 416. The first-order chi connectivity index (χ1) is 8.74. The summed E-state index contributed by atoms with van der Waals surface area (Å²) in [5.41, 5.74) is 0.762. The Morgan fingerprint density at radius 1 is 1.50 bits per heavy atom. The van der Waals surface area contributed by atoms with E-state index in [2.05, 4.69) is 28.2 Å². The van der Waals surface area contributed by atoms with E-state index in [0.29, 0.717) is 6.04 Å². The van der Waals surface area contributed by atoms with Crippen molar-refractivity contribution in [3.05, 3.63) is 34.3 Å². The van der Waals surface area contributed by atoms with Crippen molar-refractivity contribution >= 4 is 21.8 Å². The Labute approximate surface area is 117 Å². The molecule has 1 saturated heterocycles. The Morgan fingerprint density at radius 3 is 2.89 bits per heavy atom. The highest BCUT2D eigenvalue weighted by Crippen LogP contribution is 2.20. The second-order valence-electron chi connectivity index (χ2n) is 4.63. The van der Waals surface area contributed by atoms with Crippen LogP contribution in [0.5, 0.6) is 0 Å². The van der Waals surface area contributed by atoms with Crippen LogP contribution in [-0.4, -0.2) is 36.5 Å². The molecular formula is C14H19BrN2O. The fourth-order valence-electron chi connectivity index (χ4n) is 2.39. The minimum absolute atomic E-state index is 0.137.